The van der Waals surface area contributed by atoms with Gasteiger partial charge in [0, 0.05) is 6.42 Å². The van der Waals surface area contributed by atoms with E-state index in [0.717, 1.165) is 28.0 Å². The van der Waals surface area contributed by atoms with E-state index in [0.29, 0.717) is 24.2 Å². The number of hydrogen-bond acceptors (Lipinski definition) is 3. The smallest absolute Gasteiger partial charge is 0.306 e. The lowest BCUT2D eigenvalue weighted by Crippen LogP contribution is -2.06. The molecule has 0 spiro atoms. The molecule has 0 aliphatic rings. The summed E-state index contributed by atoms with van der Waals surface area (Å²) in [4.78, 5) is 11.6. The highest BCUT2D eigenvalue weighted by Crippen LogP contribution is 2.35. The lowest BCUT2D eigenvalue weighted by Gasteiger charge is -2.16. The molecule has 25 heavy (non-hydrogen) atoms. The highest BCUT2D eigenvalue weighted by atomic mass is 19.1. The van der Waals surface area contributed by atoms with Crippen LogP contribution in [-0.2, 0) is 16.0 Å². The summed E-state index contributed by atoms with van der Waals surface area (Å²) in [5.74, 6) is 0.237. The summed E-state index contributed by atoms with van der Waals surface area (Å²) in [6.07, 6.45) is 0.491. The second-order valence-corrected chi connectivity index (χ2v) is 6.16. The molecule has 0 atom stereocenters. The van der Waals surface area contributed by atoms with E-state index >= 15 is 0 Å². The van der Waals surface area contributed by atoms with Crippen LogP contribution in [0.2, 0.25) is 0 Å². The maximum Gasteiger partial charge on any atom is 0.306 e. The number of carbonyl (C=O) groups is 1. The van der Waals surface area contributed by atoms with Gasteiger partial charge in [0.25, 0.3) is 0 Å². The molecule has 134 valence electrons. The van der Waals surface area contributed by atoms with Crippen LogP contribution in [0.5, 0.6) is 5.75 Å². The van der Waals surface area contributed by atoms with Gasteiger partial charge >= 0.3 is 5.97 Å². The molecule has 0 radical (unpaired) electrons. The largest absolute Gasteiger partial charge is 0.496 e. The third-order valence-electron chi connectivity index (χ3n) is 4.37. The Hall–Kier alpha value is -2.36. The van der Waals surface area contributed by atoms with E-state index in [1.54, 1.807) is 21.0 Å². The lowest BCUT2D eigenvalue weighted by atomic mass is 9.91. The van der Waals surface area contributed by atoms with Gasteiger partial charge < -0.3 is 9.47 Å². The summed E-state index contributed by atoms with van der Waals surface area (Å²) in [6, 6.07) is 7.61. The standard InChI is InChI=1S/C21H25FO3/c1-6-25-19(23)10-8-16-12-17(11-14(3)21(16)22)20-13(2)7-9-18(24-5)15(20)4/h7,9,11-12H,6,8,10H2,1-5H3. The minimum Gasteiger partial charge on any atom is -0.496 e. The van der Waals surface area contributed by atoms with Gasteiger partial charge in [-0.25, -0.2) is 4.39 Å². The predicted molar refractivity (Wildman–Crippen MR) is 97.6 cm³/mol. The van der Waals surface area contributed by atoms with E-state index in [-0.39, 0.29) is 18.2 Å². The molecule has 0 aromatic heterocycles. The van der Waals surface area contributed by atoms with Gasteiger partial charge in [-0.3, -0.25) is 4.79 Å². The van der Waals surface area contributed by atoms with Crippen molar-refractivity contribution < 1.29 is 18.7 Å². The Bertz CT molecular complexity index is 781. The van der Waals surface area contributed by atoms with Crippen molar-refractivity contribution >= 4 is 5.97 Å². The molecule has 0 bridgehead atoms. The summed E-state index contributed by atoms with van der Waals surface area (Å²) in [5, 5.41) is 0. The van der Waals surface area contributed by atoms with Crippen molar-refractivity contribution in [1.82, 2.24) is 0 Å². The van der Waals surface area contributed by atoms with E-state index in [1.165, 1.54) is 0 Å². The Kier molecular flexibility index (Phi) is 6.18. The highest BCUT2D eigenvalue weighted by molar-refractivity contribution is 5.75. The highest BCUT2D eigenvalue weighted by Gasteiger charge is 2.15. The number of hydrogen-bond donors (Lipinski definition) is 0. The average Bonchev–Trinajstić information content (AvgIpc) is 2.57. The minimum atomic E-state index is -0.307. The van der Waals surface area contributed by atoms with E-state index in [4.69, 9.17) is 9.47 Å². The van der Waals surface area contributed by atoms with Gasteiger partial charge in [-0.2, -0.15) is 0 Å². The van der Waals surface area contributed by atoms with Crippen molar-refractivity contribution in [3.63, 3.8) is 0 Å². The second-order valence-electron chi connectivity index (χ2n) is 6.16. The number of aryl methyl sites for hydroxylation is 3. The fourth-order valence-electron chi connectivity index (χ4n) is 3.13. The van der Waals surface area contributed by atoms with E-state index in [2.05, 4.69) is 0 Å². The first-order valence-corrected chi connectivity index (χ1v) is 8.48. The number of methoxy groups -OCH3 is 1. The van der Waals surface area contributed by atoms with Crippen LogP contribution < -0.4 is 4.74 Å². The van der Waals surface area contributed by atoms with Crippen molar-refractivity contribution in [2.45, 2.75) is 40.5 Å². The summed E-state index contributed by atoms with van der Waals surface area (Å²) in [6.45, 7) is 7.87. The fourth-order valence-corrected chi connectivity index (χ4v) is 3.13. The SMILES string of the molecule is CCOC(=O)CCc1cc(-c2c(C)ccc(OC)c2C)cc(C)c1F. The van der Waals surface area contributed by atoms with Crippen LogP contribution in [-0.4, -0.2) is 19.7 Å². The maximum absolute atomic E-state index is 14.5. The molecule has 2 aromatic rings. The van der Waals surface area contributed by atoms with Gasteiger partial charge in [0.1, 0.15) is 11.6 Å². The molecule has 0 aliphatic heterocycles. The van der Waals surface area contributed by atoms with Crippen LogP contribution in [0.3, 0.4) is 0 Å². The van der Waals surface area contributed by atoms with E-state index in [1.807, 2.05) is 38.1 Å². The van der Waals surface area contributed by atoms with Gasteiger partial charge in [-0.05, 0) is 85.7 Å². The van der Waals surface area contributed by atoms with Crippen LogP contribution in [0.1, 0.15) is 35.6 Å². The van der Waals surface area contributed by atoms with Gasteiger partial charge in [-0.1, -0.05) is 6.07 Å². The molecule has 0 heterocycles. The summed E-state index contributed by atoms with van der Waals surface area (Å²) in [7, 11) is 1.64. The molecule has 0 unspecified atom stereocenters. The van der Waals surface area contributed by atoms with Crippen molar-refractivity contribution in [3.05, 3.63) is 52.3 Å². The zero-order chi connectivity index (χ0) is 18.6. The van der Waals surface area contributed by atoms with Gasteiger partial charge in [-0.15, -0.1) is 0 Å². The molecular weight excluding hydrogens is 319 g/mol. The topological polar surface area (TPSA) is 35.5 Å². The zero-order valence-corrected chi connectivity index (χ0v) is 15.5. The van der Waals surface area contributed by atoms with Crippen molar-refractivity contribution in [2.75, 3.05) is 13.7 Å². The summed E-state index contributed by atoms with van der Waals surface area (Å²) in [5.41, 5.74) is 5.19. The van der Waals surface area contributed by atoms with Crippen LogP contribution in [0, 0.1) is 26.6 Å². The third-order valence-corrected chi connectivity index (χ3v) is 4.37. The number of carbonyl (C=O) groups excluding carboxylic acids is 1. The number of esters is 1. The molecule has 3 nitrogen and oxygen atoms in total. The van der Waals surface area contributed by atoms with Gasteiger partial charge in [0.15, 0.2) is 0 Å². The average molecular weight is 344 g/mol. The summed E-state index contributed by atoms with van der Waals surface area (Å²) >= 11 is 0. The monoisotopic (exact) mass is 344 g/mol. The number of halogens is 1. The first kappa shape index (κ1) is 19.0. The minimum absolute atomic E-state index is 0.170. The van der Waals surface area contributed by atoms with Crippen LogP contribution in [0.25, 0.3) is 11.1 Å². The van der Waals surface area contributed by atoms with Crippen LogP contribution in [0.15, 0.2) is 24.3 Å². The number of ether oxygens (including phenoxy) is 2. The Morgan fingerprint density at radius 1 is 1.12 bits per heavy atom. The molecular formula is C21H25FO3. The molecule has 0 aliphatic carbocycles. The zero-order valence-electron chi connectivity index (χ0n) is 15.5. The van der Waals surface area contributed by atoms with Crippen LogP contribution in [0.4, 0.5) is 4.39 Å². The Morgan fingerprint density at radius 2 is 1.84 bits per heavy atom. The molecule has 0 saturated carbocycles. The molecule has 0 N–H and O–H groups in total. The van der Waals surface area contributed by atoms with E-state index in [9.17, 15) is 9.18 Å². The van der Waals surface area contributed by atoms with Crippen molar-refractivity contribution in [3.8, 4) is 16.9 Å². The normalized spacial score (nSPS) is 10.6. The molecule has 2 rings (SSSR count). The van der Waals surface area contributed by atoms with Crippen molar-refractivity contribution in [2.24, 2.45) is 0 Å². The lowest BCUT2D eigenvalue weighted by molar-refractivity contribution is -0.143. The Morgan fingerprint density at radius 3 is 2.48 bits per heavy atom. The molecule has 2 aromatic carbocycles. The number of rotatable bonds is 6. The van der Waals surface area contributed by atoms with Crippen molar-refractivity contribution in [1.29, 1.82) is 0 Å². The van der Waals surface area contributed by atoms with E-state index < -0.39 is 0 Å². The first-order valence-electron chi connectivity index (χ1n) is 8.48. The van der Waals surface area contributed by atoms with Gasteiger partial charge in [0.2, 0.25) is 0 Å². The van der Waals surface area contributed by atoms with Crippen LogP contribution >= 0.6 is 0 Å². The molecule has 0 saturated heterocycles. The third kappa shape index (κ3) is 4.19. The Labute approximate surface area is 148 Å². The molecule has 0 fully saturated rings. The maximum atomic E-state index is 14.5. The number of benzene rings is 2. The molecule has 4 heteroatoms. The quantitative estimate of drug-likeness (QED) is 0.698. The fraction of sp³-hybridized carbons (Fsp3) is 0.381. The Balaban J connectivity index is 2.45. The first-order chi connectivity index (χ1) is 11.9. The summed E-state index contributed by atoms with van der Waals surface area (Å²) < 4.78 is 24.9. The molecule has 0 amide bonds. The van der Waals surface area contributed by atoms with Gasteiger partial charge in [0.05, 0.1) is 13.7 Å². The predicted octanol–water partition coefficient (Wildman–Crippen LogP) is 4.92. The second kappa shape index (κ2) is 8.15.